The van der Waals surface area contributed by atoms with Crippen LogP contribution < -0.4 is 5.73 Å². The Morgan fingerprint density at radius 2 is 2.21 bits per heavy atom. The van der Waals surface area contributed by atoms with Crippen LogP contribution in [0.25, 0.3) is 5.95 Å². The molecule has 0 atom stereocenters. The van der Waals surface area contributed by atoms with Gasteiger partial charge in [0.05, 0.1) is 6.20 Å². The van der Waals surface area contributed by atoms with E-state index in [1.54, 1.807) is 6.20 Å². The van der Waals surface area contributed by atoms with Gasteiger partial charge in [-0.05, 0) is 12.8 Å². The molecule has 0 aromatic carbocycles. The first-order valence-corrected chi connectivity index (χ1v) is 5.96. The zero-order valence-electron chi connectivity index (χ0n) is 10.1. The van der Waals surface area contributed by atoms with Gasteiger partial charge in [-0.3, -0.25) is 9.89 Å². The van der Waals surface area contributed by atoms with Crippen molar-refractivity contribution in [2.24, 2.45) is 5.73 Å². The van der Waals surface area contributed by atoms with Crippen LogP contribution in [0.2, 0.25) is 0 Å². The van der Waals surface area contributed by atoms with Crippen molar-refractivity contribution in [3.63, 3.8) is 0 Å². The predicted octanol–water partition coefficient (Wildman–Crippen LogP) is -0.754. The molecule has 1 fully saturated rings. The third kappa shape index (κ3) is 1.97. The molecule has 0 unspecified atom stereocenters. The van der Waals surface area contributed by atoms with Gasteiger partial charge in [0.25, 0.3) is 11.9 Å². The quantitative estimate of drug-likeness (QED) is 0.666. The minimum atomic E-state index is -0.916. The van der Waals surface area contributed by atoms with E-state index in [1.165, 1.54) is 4.68 Å². The number of nitrogens with zero attached hydrogens (tertiary/aromatic N) is 5. The van der Waals surface area contributed by atoms with Crippen LogP contribution in [0.3, 0.4) is 0 Å². The molecule has 4 N–H and O–H groups in total. The van der Waals surface area contributed by atoms with Crippen LogP contribution in [0.1, 0.15) is 42.0 Å². The van der Waals surface area contributed by atoms with Gasteiger partial charge in [0.15, 0.2) is 0 Å². The van der Waals surface area contributed by atoms with Crippen molar-refractivity contribution < 1.29 is 9.90 Å². The minimum absolute atomic E-state index is 0.0494. The molecule has 0 spiro atoms. The molecule has 1 aliphatic rings. The van der Waals surface area contributed by atoms with E-state index < -0.39 is 11.5 Å². The van der Waals surface area contributed by atoms with Crippen LogP contribution in [0, 0.1) is 0 Å². The number of hydrogen-bond acceptors (Lipinski definition) is 6. The highest BCUT2D eigenvalue weighted by atomic mass is 16.3. The summed E-state index contributed by atoms with van der Waals surface area (Å²) in [5.41, 5.74) is 4.65. The molecule has 2 aromatic rings. The number of aromatic nitrogens is 6. The van der Waals surface area contributed by atoms with E-state index in [4.69, 9.17) is 5.73 Å². The van der Waals surface area contributed by atoms with E-state index in [2.05, 4.69) is 25.5 Å². The lowest BCUT2D eigenvalue weighted by molar-refractivity contribution is 0.0398. The maximum Gasteiger partial charge on any atom is 0.286 e. The standard InChI is InChI=1S/C10H13N7O2/c11-7(18)8-12-9(15-14-8)17-5-6(13-16-17)10(19)3-1-2-4-10/h5,19H,1-4H2,(H2,11,18)(H,12,14,15). The molecule has 1 aliphatic carbocycles. The van der Waals surface area contributed by atoms with Gasteiger partial charge < -0.3 is 10.8 Å². The third-order valence-corrected chi connectivity index (χ3v) is 3.31. The fraction of sp³-hybridized carbons (Fsp3) is 0.500. The summed E-state index contributed by atoms with van der Waals surface area (Å²) in [7, 11) is 0. The Morgan fingerprint density at radius 1 is 1.47 bits per heavy atom. The number of amides is 1. The minimum Gasteiger partial charge on any atom is -0.383 e. The molecular formula is C10H13N7O2. The summed E-state index contributed by atoms with van der Waals surface area (Å²) < 4.78 is 1.30. The van der Waals surface area contributed by atoms with E-state index in [-0.39, 0.29) is 11.8 Å². The third-order valence-electron chi connectivity index (χ3n) is 3.31. The molecule has 100 valence electrons. The summed E-state index contributed by atoms with van der Waals surface area (Å²) in [6.07, 6.45) is 4.85. The normalized spacial score (nSPS) is 17.7. The second-order valence-electron chi connectivity index (χ2n) is 4.64. The molecular weight excluding hydrogens is 250 g/mol. The first kappa shape index (κ1) is 11.8. The van der Waals surface area contributed by atoms with Crippen molar-refractivity contribution in [1.29, 1.82) is 0 Å². The predicted molar refractivity (Wildman–Crippen MR) is 62.2 cm³/mol. The van der Waals surface area contributed by atoms with E-state index >= 15 is 0 Å². The number of carbonyl (C=O) groups is 1. The van der Waals surface area contributed by atoms with Crippen LogP contribution in [0.5, 0.6) is 0 Å². The average Bonchev–Trinajstić information content (AvgIpc) is 3.08. The number of nitrogens with two attached hydrogens (primary N) is 1. The highest BCUT2D eigenvalue weighted by molar-refractivity contribution is 5.88. The summed E-state index contributed by atoms with van der Waals surface area (Å²) in [4.78, 5) is 14.8. The number of nitrogens with one attached hydrogen (secondary N) is 1. The Balaban J connectivity index is 1.90. The van der Waals surface area contributed by atoms with Gasteiger partial charge in [-0.25, -0.2) is 0 Å². The van der Waals surface area contributed by atoms with Crippen LogP contribution >= 0.6 is 0 Å². The van der Waals surface area contributed by atoms with Gasteiger partial charge in [-0.1, -0.05) is 18.1 Å². The van der Waals surface area contributed by atoms with Gasteiger partial charge >= 0.3 is 0 Å². The van der Waals surface area contributed by atoms with Crippen molar-refractivity contribution in [2.45, 2.75) is 31.3 Å². The molecule has 19 heavy (non-hydrogen) atoms. The van der Waals surface area contributed by atoms with Crippen LogP contribution in [-0.4, -0.2) is 41.2 Å². The molecule has 0 bridgehead atoms. The number of carbonyl (C=O) groups excluding carboxylic acids is 1. The highest BCUT2D eigenvalue weighted by Gasteiger charge is 2.36. The molecule has 1 saturated carbocycles. The highest BCUT2D eigenvalue weighted by Crippen LogP contribution is 2.37. The molecule has 0 saturated heterocycles. The van der Waals surface area contributed by atoms with Crippen molar-refractivity contribution >= 4 is 5.91 Å². The van der Waals surface area contributed by atoms with Crippen molar-refractivity contribution in [3.8, 4) is 5.95 Å². The van der Waals surface area contributed by atoms with E-state index in [0.717, 1.165) is 12.8 Å². The van der Waals surface area contributed by atoms with E-state index in [1.807, 2.05) is 0 Å². The smallest absolute Gasteiger partial charge is 0.286 e. The molecule has 2 aromatic heterocycles. The first-order chi connectivity index (χ1) is 9.08. The van der Waals surface area contributed by atoms with Crippen LogP contribution in [-0.2, 0) is 5.60 Å². The zero-order valence-corrected chi connectivity index (χ0v) is 10.1. The lowest BCUT2D eigenvalue weighted by Gasteiger charge is -2.17. The van der Waals surface area contributed by atoms with Crippen LogP contribution in [0.15, 0.2) is 6.20 Å². The molecule has 9 heteroatoms. The van der Waals surface area contributed by atoms with Crippen LogP contribution in [0.4, 0.5) is 0 Å². The zero-order chi connectivity index (χ0) is 13.5. The summed E-state index contributed by atoms with van der Waals surface area (Å²) in [6.45, 7) is 0. The monoisotopic (exact) mass is 263 g/mol. The van der Waals surface area contributed by atoms with Crippen molar-refractivity contribution in [2.75, 3.05) is 0 Å². The van der Waals surface area contributed by atoms with Gasteiger partial charge in [-0.2, -0.15) is 9.67 Å². The summed E-state index contributed by atoms with van der Waals surface area (Å²) in [6, 6.07) is 0. The molecule has 0 radical (unpaired) electrons. The van der Waals surface area contributed by atoms with Gasteiger partial charge in [-0.15, -0.1) is 10.2 Å². The average molecular weight is 263 g/mol. The van der Waals surface area contributed by atoms with E-state index in [0.29, 0.717) is 18.5 Å². The van der Waals surface area contributed by atoms with Crippen molar-refractivity contribution in [3.05, 3.63) is 17.7 Å². The van der Waals surface area contributed by atoms with E-state index in [9.17, 15) is 9.90 Å². The molecule has 2 heterocycles. The number of primary amides is 1. The maximum atomic E-state index is 10.9. The van der Waals surface area contributed by atoms with Gasteiger partial charge in [0.1, 0.15) is 11.3 Å². The lowest BCUT2D eigenvalue weighted by Crippen LogP contribution is -2.21. The number of hydrogen-bond donors (Lipinski definition) is 3. The topological polar surface area (TPSA) is 136 Å². The van der Waals surface area contributed by atoms with Gasteiger partial charge in [0.2, 0.25) is 5.82 Å². The molecule has 9 nitrogen and oxygen atoms in total. The number of aliphatic hydroxyl groups is 1. The van der Waals surface area contributed by atoms with Crippen molar-refractivity contribution in [1.82, 2.24) is 30.2 Å². The SMILES string of the molecule is NC(=O)c1nc(-n2cc(C3(O)CCCC3)nn2)n[nH]1. The largest absolute Gasteiger partial charge is 0.383 e. The number of aromatic amines is 1. The molecule has 3 rings (SSSR count). The Kier molecular flexibility index (Phi) is 2.56. The Labute approximate surface area is 107 Å². The molecule has 0 aliphatic heterocycles. The molecule has 1 amide bonds. The summed E-state index contributed by atoms with van der Waals surface area (Å²) in [5.74, 6) is -0.589. The Hall–Kier alpha value is -2.29. The summed E-state index contributed by atoms with van der Waals surface area (Å²) >= 11 is 0. The Bertz CT molecular complexity index is 611. The number of rotatable bonds is 3. The van der Waals surface area contributed by atoms with Gasteiger partial charge in [0, 0.05) is 0 Å². The first-order valence-electron chi connectivity index (χ1n) is 5.96. The number of H-pyrrole nitrogens is 1. The second-order valence-corrected chi connectivity index (χ2v) is 4.64. The summed E-state index contributed by atoms with van der Waals surface area (Å²) in [5, 5.41) is 24.4. The lowest BCUT2D eigenvalue weighted by atomic mass is 9.99. The maximum absolute atomic E-state index is 10.9. The fourth-order valence-corrected chi connectivity index (χ4v) is 2.26. The Morgan fingerprint density at radius 3 is 2.84 bits per heavy atom. The second kappa shape index (κ2) is 4.12. The fourth-order valence-electron chi connectivity index (χ4n) is 2.26.